The first-order chi connectivity index (χ1) is 7.48. The lowest BCUT2D eigenvalue weighted by atomic mass is 9.96. The zero-order valence-electron chi connectivity index (χ0n) is 10.3. The van der Waals surface area contributed by atoms with Crippen molar-refractivity contribution in [2.45, 2.75) is 33.1 Å². The number of aryl methyl sites for hydroxylation is 1. The number of hydrogen-bond donors (Lipinski definition) is 1. The van der Waals surface area contributed by atoms with E-state index >= 15 is 0 Å². The van der Waals surface area contributed by atoms with Crippen molar-refractivity contribution < 1.29 is 0 Å². The van der Waals surface area contributed by atoms with E-state index in [0.717, 1.165) is 17.2 Å². The van der Waals surface area contributed by atoms with Gasteiger partial charge in [-0.25, -0.2) is 4.98 Å². The fourth-order valence-corrected chi connectivity index (χ4v) is 1.69. The van der Waals surface area contributed by atoms with Gasteiger partial charge in [-0.1, -0.05) is 51.1 Å². The molecule has 16 heavy (non-hydrogen) atoms. The maximum atomic E-state index is 4.70. The molecule has 0 radical (unpaired) electrons. The highest BCUT2D eigenvalue weighted by Gasteiger charge is 2.19. The summed E-state index contributed by atoms with van der Waals surface area (Å²) < 4.78 is 0. The van der Waals surface area contributed by atoms with E-state index in [0.29, 0.717) is 0 Å². The Labute approximate surface area is 96.7 Å². The van der Waals surface area contributed by atoms with Crippen LogP contribution in [0.1, 0.15) is 32.3 Å². The van der Waals surface area contributed by atoms with Gasteiger partial charge >= 0.3 is 0 Å². The van der Waals surface area contributed by atoms with Gasteiger partial charge in [-0.15, -0.1) is 0 Å². The molecule has 84 valence electrons. The molecule has 1 N–H and O–H groups in total. The molecule has 0 unspecified atom stereocenters. The van der Waals surface area contributed by atoms with Crippen LogP contribution in [0.2, 0.25) is 0 Å². The van der Waals surface area contributed by atoms with Gasteiger partial charge in [0.25, 0.3) is 0 Å². The number of aromatic amines is 1. The van der Waals surface area contributed by atoms with Crippen LogP contribution in [0, 0.1) is 6.92 Å². The summed E-state index contributed by atoms with van der Waals surface area (Å²) in [5.41, 5.74) is 3.44. The van der Waals surface area contributed by atoms with Crippen molar-refractivity contribution in [1.82, 2.24) is 9.97 Å². The van der Waals surface area contributed by atoms with E-state index in [2.05, 4.69) is 44.8 Å². The Morgan fingerprint density at radius 2 is 1.69 bits per heavy atom. The second kappa shape index (κ2) is 3.78. The van der Waals surface area contributed by atoms with Crippen molar-refractivity contribution in [2.24, 2.45) is 0 Å². The molecule has 1 aromatic heterocycles. The Morgan fingerprint density at radius 1 is 1.06 bits per heavy atom. The zero-order valence-corrected chi connectivity index (χ0v) is 10.3. The molecule has 1 heterocycles. The minimum absolute atomic E-state index is 0.0673. The number of nitrogens with one attached hydrogen (secondary N) is 1. The highest BCUT2D eigenvalue weighted by atomic mass is 14.9. The number of nitrogens with zero attached hydrogens (tertiary/aromatic N) is 1. The van der Waals surface area contributed by atoms with Gasteiger partial charge in [0.1, 0.15) is 5.82 Å². The van der Waals surface area contributed by atoms with E-state index < -0.39 is 0 Å². The number of imidazole rings is 1. The number of rotatable bonds is 1. The molecule has 2 rings (SSSR count). The van der Waals surface area contributed by atoms with Crippen LogP contribution in [-0.4, -0.2) is 9.97 Å². The predicted octanol–water partition coefficient (Wildman–Crippen LogP) is 3.68. The summed E-state index contributed by atoms with van der Waals surface area (Å²) in [4.78, 5) is 8.07. The number of aromatic nitrogens is 2. The first-order valence-corrected chi connectivity index (χ1v) is 5.61. The van der Waals surface area contributed by atoms with Crippen molar-refractivity contribution in [3.05, 3.63) is 41.9 Å². The van der Waals surface area contributed by atoms with Crippen molar-refractivity contribution >= 4 is 0 Å². The first kappa shape index (κ1) is 10.9. The molecule has 0 saturated carbocycles. The lowest BCUT2D eigenvalue weighted by Gasteiger charge is -2.13. The van der Waals surface area contributed by atoms with Gasteiger partial charge in [0, 0.05) is 16.7 Å². The van der Waals surface area contributed by atoms with Crippen LogP contribution < -0.4 is 0 Å². The van der Waals surface area contributed by atoms with Crippen LogP contribution in [0.4, 0.5) is 0 Å². The molecule has 0 aliphatic carbocycles. The molecular formula is C14H18N2. The minimum Gasteiger partial charge on any atom is -0.345 e. The molecule has 0 atom stereocenters. The van der Waals surface area contributed by atoms with E-state index in [-0.39, 0.29) is 5.41 Å². The van der Waals surface area contributed by atoms with E-state index in [1.165, 1.54) is 5.56 Å². The van der Waals surface area contributed by atoms with E-state index in [9.17, 15) is 0 Å². The Morgan fingerprint density at radius 3 is 2.19 bits per heavy atom. The molecule has 2 heteroatoms. The van der Waals surface area contributed by atoms with Gasteiger partial charge in [0.15, 0.2) is 0 Å². The van der Waals surface area contributed by atoms with Gasteiger partial charge in [-0.2, -0.15) is 0 Å². The fourth-order valence-electron chi connectivity index (χ4n) is 1.69. The Hall–Kier alpha value is -1.57. The molecule has 0 amide bonds. The molecule has 1 aromatic carbocycles. The van der Waals surface area contributed by atoms with Crippen molar-refractivity contribution in [3.8, 4) is 11.3 Å². The lowest BCUT2D eigenvalue weighted by Crippen LogP contribution is -2.13. The second-order valence-corrected chi connectivity index (χ2v) is 5.18. The van der Waals surface area contributed by atoms with Crippen molar-refractivity contribution in [3.63, 3.8) is 0 Å². The van der Waals surface area contributed by atoms with E-state index in [4.69, 9.17) is 4.98 Å². The molecule has 0 saturated heterocycles. The maximum absolute atomic E-state index is 4.70. The molecule has 0 spiro atoms. The summed E-state index contributed by atoms with van der Waals surface area (Å²) in [5.74, 6) is 1.05. The summed E-state index contributed by atoms with van der Waals surface area (Å²) in [6, 6.07) is 10.3. The minimum atomic E-state index is 0.0673. The molecule has 2 aromatic rings. The fraction of sp³-hybridized carbons (Fsp3) is 0.357. The van der Waals surface area contributed by atoms with Crippen LogP contribution in [0.3, 0.4) is 0 Å². The van der Waals surface area contributed by atoms with E-state index in [1.54, 1.807) is 0 Å². The monoisotopic (exact) mass is 214 g/mol. The summed E-state index contributed by atoms with van der Waals surface area (Å²) in [6.45, 7) is 8.57. The Kier molecular flexibility index (Phi) is 2.58. The number of hydrogen-bond acceptors (Lipinski definition) is 1. The molecule has 0 bridgehead atoms. The molecule has 2 nitrogen and oxygen atoms in total. The number of benzene rings is 1. The lowest BCUT2D eigenvalue weighted by molar-refractivity contribution is 0.552. The Balaban J connectivity index is 2.48. The number of H-pyrrole nitrogens is 1. The van der Waals surface area contributed by atoms with Crippen LogP contribution in [0.15, 0.2) is 30.3 Å². The van der Waals surface area contributed by atoms with Crippen LogP contribution >= 0.6 is 0 Å². The zero-order chi connectivity index (χ0) is 11.8. The summed E-state index contributed by atoms with van der Waals surface area (Å²) in [6.07, 6.45) is 0. The maximum Gasteiger partial charge on any atom is 0.112 e. The van der Waals surface area contributed by atoms with Crippen molar-refractivity contribution in [2.75, 3.05) is 0 Å². The largest absolute Gasteiger partial charge is 0.345 e. The van der Waals surface area contributed by atoms with Gasteiger partial charge in [0.2, 0.25) is 0 Å². The third-order valence-electron chi connectivity index (χ3n) is 2.64. The van der Waals surface area contributed by atoms with E-state index in [1.807, 2.05) is 18.2 Å². The van der Waals surface area contributed by atoms with Crippen LogP contribution in [0.25, 0.3) is 11.3 Å². The third-order valence-corrected chi connectivity index (χ3v) is 2.64. The first-order valence-electron chi connectivity index (χ1n) is 5.61. The molecule has 0 fully saturated rings. The van der Waals surface area contributed by atoms with Crippen LogP contribution in [-0.2, 0) is 5.41 Å². The Bertz CT molecular complexity index is 475. The van der Waals surface area contributed by atoms with Gasteiger partial charge in [-0.3, -0.25) is 0 Å². The quantitative estimate of drug-likeness (QED) is 0.770. The summed E-state index contributed by atoms with van der Waals surface area (Å²) in [5, 5.41) is 0. The van der Waals surface area contributed by atoms with Gasteiger partial charge in [0.05, 0.1) is 5.69 Å². The summed E-state index contributed by atoms with van der Waals surface area (Å²) >= 11 is 0. The highest BCUT2D eigenvalue weighted by Crippen LogP contribution is 2.26. The second-order valence-electron chi connectivity index (χ2n) is 5.18. The summed E-state index contributed by atoms with van der Waals surface area (Å²) in [7, 11) is 0. The van der Waals surface area contributed by atoms with Gasteiger partial charge in [-0.05, 0) is 6.92 Å². The average molecular weight is 214 g/mol. The third kappa shape index (κ3) is 2.01. The standard InChI is InChI=1S/C14H18N2/c1-10-12(11-8-6-5-7-9-11)16-13(15-10)14(2,3)4/h5-9H,1-4H3,(H,15,16). The molecule has 0 aliphatic rings. The highest BCUT2D eigenvalue weighted by molar-refractivity contribution is 5.61. The predicted molar refractivity (Wildman–Crippen MR) is 67.5 cm³/mol. The van der Waals surface area contributed by atoms with Gasteiger partial charge < -0.3 is 4.98 Å². The molecule has 0 aliphatic heterocycles. The smallest absolute Gasteiger partial charge is 0.112 e. The molecular weight excluding hydrogens is 196 g/mol. The SMILES string of the molecule is Cc1[nH]c(C(C)(C)C)nc1-c1ccccc1. The normalized spacial score (nSPS) is 11.8. The average Bonchev–Trinajstić information content (AvgIpc) is 2.61. The topological polar surface area (TPSA) is 28.7 Å². The van der Waals surface area contributed by atoms with Crippen molar-refractivity contribution in [1.29, 1.82) is 0 Å². The van der Waals surface area contributed by atoms with Crippen LogP contribution in [0.5, 0.6) is 0 Å².